The van der Waals surface area contributed by atoms with E-state index in [4.69, 9.17) is 9.47 Å². The van der Waals surface area contributed by atoms with E-state index in [1.54, 1.807) is 16.8 Å². The zero-order chi connectivity index (χ0) is 22.4. The van der Waals surface area contributed by atoms with Gasteiger partial charge in [-0.05, 0) is 25.1 Å². The van der Waals surface area contributed by atoms with Crippen molar-refractivity contribution in [1.29, 1.82) is 0 Å². The first-order valence-electron chi connectivity index (χ1n) is 9.61. The van der Waals surface area contributed by atoms with E-state index in [1.807, 2.05) is 6.92 Å². The minimum Gasteiger partial charge on any atom is -0.495 e. The molecule has 1 aliphatic rings. The summed E-state index contributed by atoms with van der Waals surface area (Å²) in [4.78, 5) is 27.8. The molecule has 1 fully saturated rings. The zero-order valence-electron chi connectivity index (χ0n) is 17.2. The van der Waals surface area contributed by atoms with Crippen molar-refractivity contribution >= 4 is 33.4 Å². The molecule has 3 rings (SSSR count). The van der Waals surface area contributed by atoms with Crippen LogP contribution in [-0.4, -0.2) is 67.3 Å². The summed E-state index contributed by atoms with van der Waals surface area (Å²) in [5, 5.41) is 3.13. The van der Waals surface area contributed by atoms with Gasteiger partial charge in [-0.15, -0.1) is 0 Å². The molecular weight excluding hydrogens is 444 g/mol. The predicted octanol–water partition coefficient (Wildman–Crippen LogP) is 1.02. The summed E-state index contributed by atoms with van der Waals surface area (Å²) in [5.41, 5.74) is -0.0483. The second-order valence-electron chi connectivity index (χ2n) is 6.55. The maximum atomic E-state index is 13.1. The number of thioether (sulfide) groups is 1. The van der Waals surface area contributed by atoms with E-state index in [1.165, 1.54) is 29.6 Å². The normalized spacial score (nSPS) is 14.9. The third-order valence-electron chi connectivity index (χ3n) is 4.56. The van der Waals surface area contributed by atoms with Crippen molar-refractivity contribution < 1.29 is 22.7 Å². The van der Waals surface area contributed by atoms with Crippen LogP contribution in [0.3, 0.4) is 0 Å². The number of hydrogen-bond donors (Lipinski definition) is 1. The Bertz CT molecular complexity index is 1100. The van der Waals surface area contributed by atoms with Crippen LogP contribution in [0.15, 0.2) is 45.3 Å². The van der Waals surface area contributed by atoms with E-state index in [9.17, 15) is 18.0 Å². The van der Waals surface area contributed by atoms with Gasteiger partial charge in [0.25, 0.3) is 5.56 Å². The van der Waals surface area contributed by atoms with E-state index >= 15 is 0 Å². The van der Waals surface area contributed by atoms with Crippen molar-refractivity contribution in [3.63, 3.8) is 0 Å². The van der Waals surface area contributed by atoms with Gasteiger partial charge in [-0.1, -0.05) is 11.8 Å². The van der Waals surface area contributed by atoms with Crippen LogP contribution in [0.1, 0.15) is 6.92 Å². The zero-order valence-corrected chi connectivity index (χ0v) is 18.9. The number of nitrogens with zero attached hydrogens (tertiary/aromatic N) is 3. The third-order valence-corrected chi connectivity index (χ3v) is 7.47. The molecular formula is C19H24N4O6S2. The molecule has 1 aromatic heterocycles. The monoisotopic (exact) mass is 468 g/mol. The molecule has 0 saturated carbocycles. The number of morpholine rings is 1. The average Bonchev–Trinajstić information content (AvgIpc) is 2.78. The molecule has 0 spiro atoms. The number of carbonyl (C=O) groups excluding carboxylic acids is 1. The SMILES string of the molecule is CCn1ccc(=O)nc1SCC(=O)Nc1ccc(OC)c(S(=O)(=O)N2CCOCC2)c1. The molecule has 31 heavy (non-hydrogen) atoms. The number of benzene rings is 1. The highest BCUT2D eigenvalue weighted by atomic mass is 32.2. The molecule has 168 valence electrons. The number of hydrogen-bond acceptors (Lipinski definition) is 8. The van der Waals surface area contributed by atoms with Crippen LogP contribution in [0.25, 0.3) is 0 Å². The fraction of sp³-hybridized carbons (Fsp3) is 0.421. The predicted molar refractivity (Wildman–Crippen MR) is 116 cm³/mol. The van der Waals surface area contributed by atoms with Crippen molar-refractivity contribution in [1.82, 2.24) is 13.9 Å². The number of methoxy groups -OCH3 is 1. The second kappa shape index (κ2) is 10.3. The summed E-state index contributed by atoms with van der Waals surface area (Å²) < 4.78 is 39.7. The number of amides is 1. The third kappa shape index (κ3) is 5.64. The van der Waals surface area contributed by atoms with Gasteiger partial charge in [0.1, 0.15) is 10.6 Å². The highest BCUT2D eigenvalue weighted by Gasteiger charge is 2.29. The Morgan fingerprint density at radius 2 is 2.03 bits per heavy atom. The number of anilines is 1. The first kappa shape index (κ1) is 23.3. The van der Waals surface area contributed by atoms with Crippen LogP contribution in [0, 0.1) is 0 Å². The number of rotatable bonds is 8. The Kier molecular flexibility index (Phi) is 7.70. The molecule has 1 saturated heterocycles. The van der Waals surface area contributed by atoms with Gasteiger partial charge in [-0.25, -0.2) is 8.42 Å². The first-order valence-corrected chi connectivity index (χ1v) is 12.0. The van der Waals surface area contributed by atoms with Gasteiger partial charge in [0.15, 0.2) is 5.16 Å². The topological polar surface area (TPSA) is 120 Å². The molecule has 2 heterocycles. The lowest BCUT2D eigenvalue weighted by atomic mass is 10.3. The van der Waals surface area contributed by atoms with Gasteiger partial charge in [0, 0.05) is 37.6 Å². The number of aromatic nitrogens is 2. The first-order chi connectivity index (χ1) is 14.8. The summed E-state index contributed by atoms with van der Waals surface area (Å²) in [7, 11) is -2.42. The number of nitrogens with one attached hydrogen (secondary N) is 1. The Hall–Kier alpha value is -2.41. The van der Waals surface area contributed by atoms with Crippen LogP contribution in [0.4, 0.5) is 5.69 Å². The molecule has 1 aromatic carbocycles. The summed E-state index contributed by atoms with van der Waals surface area (Å²) in [6.07, 6.45) is 1.63. The lowest BCUT2D eigenvalue weighted by Gasteiger charge is -2.26. The van der Waals surface area contributed by atoms with Crippen molar-refractivity contribution in [3.05, 3.63) is 40.8 Å². The molecule has 0 radical (unpaired) electrons. The lowest BCUT2D eigenvalue weighted by molar-refractivity contribution is -0.113. The standard InChI is InChI=1S/C19H24N4O6S2/c1-3-22-7-6-17(24)21-19(22)30-13-18(25)20-14-4-5-15(28-2)16(12-14)31(26,27)23-8-10-29-11-9-23/h4-7,12H,3,8-11,13H2,1-2H3,(H,20,25). The summed E-state index contributed by atoms with van der Waals surface area (Å²) in [6, 6.07) is 5.82. The number of sulfonamides is 1. The van der Waals surface area contributed by atoms with Crippen LogP contribution in [-0.2, 0) is 26.1 Å². The van der Waals surface area contributed by atoms with Crippen molar-refractivity contribution in [2.24, 2.45) is 0 Å². The lowest BCUT2D eigenvalue weighted by Crippen LogP contribution is -2.40. The van der Waals surface area contributed by atoms with Gasteiger partial charge in [0.05, 0.1) is 26.1 Å². The van der Waals surface area contributed by atoms with Crippen molar-refractivity contribution in [2.75, 3.05) is 44.5 Å². The van der Waals surface area contributed by atoms with Crippen molar-refractivity contribution in [3.8, 4) is 5.75 Å². The fourth-order valence-corrected chi connectivity index (χ4v) is 5.41. The van der Waals surface area contributed by atoms with Crippen LogP contribution < -0.4 is 15.6 Å². The number of aryl methyl sites for hydroxylation is 1. The van der Waals surface area contributed by atoms with Crippen LogP contribution >= 0.6 is 11.8 Å². The molecule has 12 heteroatoms. The molecule has 0 aliphatic carbocycles. The summed E-state index contributed by atoms with van der Waals surface area (Å²) in [6.45, 7) is 3.67. The van der Waals surface area contributed by atoms with Crippen molar-refractivity contribution in [2.45, 2.75) is 23.5 Å². The summed E-state index contributed by atoms with van der Waals surface area (Å²) in [5.74, 6) is -0.154. The average molecular weight is 469 g/mol. The van der Waals surface area contributed by atoms with Gasteiger partial charge in [0.2, 0.25) is 15.9 Å². The molecule has 0 atom stereocenters. The maximum Gasteiger partial charge on any atom is 0.273 e. The van der Waals surface area contributed by atoms with Crippen LogP contribution in [0.2, 0.25) is 0 Å². The van der Waals surface area contributed by atoms with E-state index in [-0.39, 0.29) is 41.0 Å². The highest BCUT2D eigenvalue weighted by Crippen LogP contribution is 2.30. The van der Waals surface area contributed by atoms with Gasteiger partial charge in [-0.2, -0.15) is 9.29 Å². The molecule has 10 nitrogen and oxygen atoms in total. The number of ether oxygens (including phenoxy) is 2. The van der Waals surface area contributed by atoms with E-state index in [0.717, 1.165) is 11.8 Å². The van der Waals surface area contributed by atoms with Crippen LogP contribution in [0.5, 0.6) is 5.75 Å². The van der Waals surface area contributed by atoms with E-state index in [0.29, 0.717) is 30.6 Å². The van der Waals surface area contributed by atoms with Gasteiger partial charge < -0.3 is 19.4 Å². The van der Waals surface area contributed by atoms with E-state index < -0.39 is 10.0 Å². The minimum absolute atomic E-state index is 0.00797. The molecule has 1 aliphatic heterocycles. The summed E-state index contributed by atoms with van der Waals surface area (Å²) >= 11 is 1.13. The van der Waals surface area contributed by atoms with Gasteiger partial charge >= 0.3 is 0 Å². The van der Waals surface area contributed by atoms with E-state index in [2.05, 4.69) is 10.3 Å². The Balaban J connectivity index is 1.75. The molecule has 0 unspecified atom stereocenters. The molecule has 1 N–H and O–H groups in total. The molecule has 0 bridgehead atoms. The quantitative estimate of drug-likeness (QED) is 0.451. The Labute approximate surface area is 184 Å². The smallest absolute Gasteiger partial charge is 0.273 e. The maximum absolute atomic E-state index is 13.1. The fourth-order valence-electron chi connectivity index (χ4n) is 2.98. The second-order valence-corrected chi connectivity index (χ2v) is 9.40. The van der Waals surface area contributed by atoms with Gasteiger partial charge in [-0.3, -0.25) is 9.59 Å². The number of carbonyl (C=O) groups is 1. The Morgan fingerprint density at radius 1 is 1.29 bits per heavy atom. The largest absolute Gasteiger partial charge is 0.495 e. The molecule has 1 amide bonds. The minimum atomic E-state index is -3.81. The molecule has 2 aromatic rings. The highest BCUT2D eigenvalue weighted by molar-refractivity contribution is 7.99. The Morgan fingerprint density at radius 3 is 2.71 bits per heavy atom.